The summed E-state index contributed by atoms with van der Waals surface area (Å²) >= 11 is 6.11. The molecule has 0 saturated heterocycles. The van der Waals surface area contributed by atoms with Crippen molar-refractivity contribution in [3.63, 3.8) is 0 Å². The first-order chi connectivity index (χ1) is 20.1. The van der Waals surface area contributed by atoms with Gasteiger partial charge in [-0.3, -0.25) is 13.9 Å². The van der Waals surface area contributed by atoms with Crippen molar-refractivity contribution in [1.29, 1.82) is 0 Å². The van der Waals surface area contributed by atoms with Crippen LogP contribution in [-0.4, -0.2) is 44.8 Å². The zero-order chi connectivity index (χ0) is 30.3. The van der Waals surface area contributed by atoms with E-state index in [0.717, 1.165) is 26.6 Å². The standard InChI is InChI=1S/C33H34ClN3O4S/c1-24-13-19-30(20-14-24)42(40,41)37(29-17-15-28(34)16-18-29)23-32(38)36(22-27-12-8-7-9-25(27)2)31(33(39)35-3)21-26-10-5-4-6-11-26/h4-20,31H,21-23H2,1-3H3,(H,35,39)/t31-/m1/s1. The van der Waals surface area contributed by atoms with E-state index in [0.29, 0.717) is 5.02 Å². The first-order valence-corrected chi connectivity index (χ1v) is 15.4. The van der Waals surface area contributed by atoms with E-state index in [2.05, 4.69) is 5.32 Å². The van der Waals surface area contributed by atoms with Crippen molar-refractivity contribution >= 4 is 39.1 Å². The quantitative estimate of drug-likeness (QED) is 0.244. The van der Waals surface area contributed by atoms with E-state index in [9.17, 15) is 18.0 Å². The van der Waals surface area contributed by atoms with Gasteiger partial charge in [-0.05, 0) is 66.9 Å². The van der Waals surface area contributed by atoms with E-state index in [-0.39, 0.29) is 29.5 Å². The average molecular weight is 604 g/mol. The lowest BCUT2D eigenvalue weighted by molar-refractivity contribution is -0.139. The van der Waals surface area contributed by atoms with E-state index in [4.69, 9.17) is 11.6 Å². The van der Waals surface area contributed by atoms with Crippen LogP contribution in [0.2, 0.25) is 5.02 Å². The number of aryl methyl sites for hydroxylation is 2. The minimum atomic E-state index is -4.16. The molecule has 0 aliphatic heterocycles. The molecule has 0 radical (unpaired) electrons. The number of halogens is 1. The molecule has 4 rings (SSSR count). The summed E-state index contributed by atoms with van der Waals surface area (Å²) in [6, 6.07) is 28.9. The molecule has 9 heteroatoms. The molecule has 1 atom stereocenters. The number of anilines is 1. The Bertz CT molecular complexity index is 1630. The van der Waals surface area contributed by atoms with Gasteiger partial charge in [-0.15, -0.1) is 0 Å². The third-order valence-electron chi connectivity index (χ3n) is 7.12. The second-order valence-electron chi connectivity index (χ2n) is 10.1. The van der Waals surface area contributed by atoms with Gasteiger partial charge in [-0.25, -0.2) is 8.42 Å². The van der Waals surface area contributed by atoms with Gasteiger partial charge in [-0.1, -0.05) is 83.9 Å². The number of amides is 2. The van der Waals surface area contributed by atoms with Gasteiger partial charge < -0.3 is 10.2 Å². The minimum absolute atomic E-state index is 0.0495. The number of hydrogen-bond acceptors (Lipinski definition) is 4. The molecule has 42 heavy (non-hydrogen) atoms. The highest BCUT2D eigenvalue weighted by Crippen LogP contribution is 2.27. The molecule has 0 saturated carbocycles. The molecule has 0 aliphatic carbocycles. The summed E-state index contributed by atoms with van der Waals surface area (Å²) in [6.45, 7) is 3.40. The highest BCUT2D eigenvalue weighted by atomic mass is 35.5. The van der Waals surface area contributed by atoms with Crippen molar-refractivity contribution in [3.8, 4) is 0 Å². The minimum Gasteiger partial charge on any atom is -0.357 e. The molecule has 0 unspecified atom stereocenters. The Hall–Kier alpha value is -4.14. The second-order valence-corrected chi connectivity index (χ2v) is 12.4. The molecule has 2 amide bonds. The Morgan fingerprint density at radius 2 is 1.45 bits per heavy atom. The summed E-state index contributed by atoms with van der Waals surface area (Å²) in [5.74, 6) is -0.867. The molecule has 1 N–H and O–H groups in total. The monoisotopic (exact) mass is 603 g/mol. The van der Waals surface area contributed by atoms with Crippen LogP contribution in [0.15, 0.2) is 108 Å². The first kappa shape index (κ1) is 30.8. The van der Waals surface area contributed by atoms with Crippen molar-refractivity contribution in [2.24, 2.45) is 0 Å². The zero-order valence-electron chi connectivity index (χ0n) is 23.8. The van der Waals surface area contributed by atoms with Crippen LogP contribution in [0.25, 0.3) is 0 Å². The lowest BCUT2D eigenvalue weighted by atomic mass is 10.0. The van der Waals surface area contributed by atoms with Crippen LogP contribution < -0.4 is 9.62 Å². The summed E-state index contributed by atoms with van der Waals surface area (Å²) < 4.78 is 29.1. The first-order valence-electron chi connectivity index (χ1n) is 13.5. The third kappa shape index (κ3) is 7.38. The number of likely N-dealkylation sites (N-methyl/N-ethyl adjacent to an activating group) is 1. The van der Waals surface area contributed by atoms with Gasteiger partial charge in [0.15, 0.2) is 0 Å². The molecule has 0 aromatic heterocycles. The van der Waals surface area contributed by atoms with Crippen molar-refractivity contribution in [2.75, 3.05) is 17.9 Å². The van der Waals surface area contributed by atoms with Gasteiger partial charge in [0.25, 0.3) is 10.0 Å². The number of carbonyl (C=O) groups is 2. The molecular formula is C33H34ClN3O4S. The molecule has 0 aliphatic rings. The third-order valence-corrected chi connectivity index (χ3v) is 9.16. The van der Waals surface area contributed by atoms with E-state index >= 15 is 0 Å². The van der Waals surface area contributed by atoms with E-state index < -0.39 is 28.5 Å². The maximum atomic E-state index is 14.3. The van der Waals surface area contributed by atoms with Crippen LogP contribution in [0.5, 0.6) is 0 Å². The van der Waals surface area contributed by atoms with Gasteiger partial charge in [0, 0.05) is 25.0 Å². The number of rotatable bonds is 11. The molecule has 0 bridgehead atoms. The summed E-state index contributed by atoms with van der Waals surface area (Å²) in [4.78, 5) is 29.2. The van der Waals surface area contributed by atoms with Crippen molar-refractivity contribution in [3.05, 3.63) is 130 Å². The van der Waals surface area contributed by atoms with Crippen LogP contribution in [0.1, 0.15) is 22.3 Å². The van der Waals surface area contributed by atoms with Gasteiger partial charge >= 0.3 is 0 Å². The Labute approximate surface area is 252 Å². The Morgan fingerprint density at radius 1 is 0.833 bits per heavy atom. The molecule has 7 nitrogen and oxygen atoms in total. The normalized spacial score (nSPS) is 11.9. The van der Waals surface area contributed by atoms with E-state index in [1.54, 1.807) is 36.4 Å². The second kappa shape index (κ2) is 13.7. The molecule has 0 heterocycles. The smallest absolute Gasteiger partial charge is 0.264 e. The maximum absolute atomic E-state index is 14.3. The van der Waals surface area contributed by atoms with Crippen molar-refractivity contribution in [2.45, 2.75) is 37.8 Å². The molecule has 4 aromatic rings. The van der Waals surface area contributed by atoms with Crippen LogP contribution in [-0.2, 0) is 32.6 Å². The highest BCUT2D eigenvalue weighted by molar-refractivity contribution is 7.92. The van der Waals surface area contributed by atoms with Crippen LogP contribution >= 0.6 is 11.6 Å². The summed E-state index contributed by atoms with van der Waals surface area (Å²) in [5, 5.41) is 3.13. The number of nitrogens with zero attached hydrogens (tertiary/aromatic N) is 2. The fraction of sp³-hybridized carbons (Fsp3) is 0.212. The van der Waals surface area contributed by atoms with Crippen LogP contribution in [0, 0.1) is 13.8 Å². The predicted octanol–water partition coefficient (Wildman–Crippen LogP) is 5.54. The SMILES string of the molecule is CNC(=O)[C@@H](Cc1ccccc1)N(Cc1ccccc1C)C(=O)CN(c1ccc(Cl)cc1)S(=O)(=O)c1ccc(C)cc1. The summed E-state index contributed by atoms with van der Waals surface area (Å²) in [6.07, 6.45) is 0.254. The van der Waals surface area contributed by atoms with Gasteiger partial charge in [0.05, 0.1) is 10.6 Å². The molecular weight excluding hydrogens is 570 g/mol. The van der Waals surface area contributed by atoms with E-state index in [1.165, 1.54) is 24.1 Å². The fourth-order valence-corrected chi connectivity index (χ4v) is 6.21. The fourth-order valence-electron chi connectivity index (χ4n) is 4.67. The molecule has 0 spiro atoms. The topological polar surface area (TPSA) is 86.8 Å². The Morgan fingerprint density at radius 3 is 2.07 bits per heavy atom. The lowest BCUT2D eigenvalue weighted by Gasteiger charge is -2.34. The molecule has 4 aromatic carbocycles. The van der Waals surface area contributed by atoms with Crippen molar-refractivity contribution in [1.82, 2.24) is 10.2 Å². The number of sulfonamides is 1. The Kier molecular flexibility index (Phi) is 10.0. The van der Waals surface area contributed by atoms with E-state index in [1.807, 2.05) is 68.4 Å². The average Bonchev–Trinajstić information content (AvgIpc) is 2.99. The number of benzene rings is 4. The summed E-state index contributed by atoms with van der Waals surface area (Å²) in [7, 11) is -2.64. The van der Waals surface area contributed by atoms with Crippen LogP contribution in [0.4, 0.5) is 5.69 Å². The van der Waals surface area contributed by atoms with Crippen LogP contribution in [0.3, 0.4) is 0 Å². The summed E-state index contributed by atoms with van der Waals surface area (Å²) in [5.41, 5.74) is 3.86. The maximum Gasteiger partial charge on any atom is 0.264 e. The number of carbonyl (C=O) groups excluding carboxylic acids is 2. The zero-order valence-corrected chi connectivity index (χ0v) is 25.4. The molecule has 0 fully saturated rings. The largest absolute Gasteiger partial charge is 0.357 e. The Balaban J connectivity index is 1.79. The number of hydrogen-bond donors (Lipinski definition) is 1. The van der Waals surface area contributed by atoms with Crippen molar-refractivity contribution < 1.29 is 18.0 Å². The predicted molar refractivity (Wildman–Crippen MR) is 167 cm³/mol. The van der Waals surface area contributed by atoms with Gasteiger partial charge in [-0.2, -0.15) is 0 Å². The van der Waals surface area contributed by atoms with Gasteiger partial charge in [0.2, 0.25) is 11.8 Å². The highest BCUT2D eigenvalue weighted by Gasteiger charge is 2.34. The number of nitrogens with one attached hydrogen (secondary N) is 1. The molecule has 218 valence electrons. The van der Waals surface area contributed by atoms with Gasteiger partial charge in [0.1, 0.15) is 12.6 Å². The lowest BCUT2D eigenvalue weighted by Crippen LogP contribution is -2.53.